The quantitative estimate of drug-likeness (QED) is 0.747. The molecule has 0 saturated carbocycles. The molecule has 1 amide bonds. The molecule has 2 rings (SSSR count). The lowest BCUT2D eigenvalue weighted by atomic mass is 9.87. The average molecular weight is 305 g/mol. The van der Waals surface area contributed by atoms with Crippen molar-refractivity contribution in [2.75, 3.05) is 13.1 Å². The maximum Gasteiger partial charge on any atom is 0.281 e. The van der Waals surface area contributed by atoms with Gasteiger partial charge in [-0.25, -0.2) is 0 Å². The molecular formula is C18H27NOS. The molecule has 2 nitrogen and oxygen atoms in total. The second kappa shape index (κ2) is 7.35. The van der Waals surface area contributed by atoms with Crippen molar-refractivity contribution in [1.29, 1.82) is 0 Å². The fourth-order valence-electron chi connectivity index (χ4n) is 2.59. The van der Waals surface area contributed by atoms with Gasteiger partial charge in [0.1, 0.15) is 0 Å². The summed E-state index contributed by atoms with van der Waals surface area (Å²) in [5.74, 6) is 0.778. The number of hydrogen-bond donors (Lipinski definition) is 0. The molecule has 3 heteroatoms. The minimum Gasteiger partial charge on any atom is -0.334 e. The van der Waals surface area contributed by atoms with Crippen LogP contribution >= 0.6 is 11.8 Å². The number of benzene rings is 1. The molecule has 0 atom stereocenters. The minimum absolute atomic E-state index is 0.188. The summed E-state index contributed by atoms with van der Waals surface area (Å²) in [4.78, 5) is 14.3. The summed E-state index contributed by atoms with van der Waals surface area (Å²) in [5, 5.41) is 0.247. The number of likely N-dealkylation sites (tertiary alicyclic amines) is 1. The zero-order valence-corrected chi connectivity index (χ0v) is 14.3. The van der Waals surface area contributed by atoms with Gasteiger partial charge in [-0.15, -0.1) is 0 Å². The van der Waals surface area contributed by atoms with Crippen LogP contribution in [0.1, 0.15) is 57.6 Å². The van der Waals surface area contributed by atoms with Crippen molar-refractivity contribution in [3.63, 3.8) is 0 Å². The third kappa shape index (κ3) is 5.06. The molecule has 1 aliphatic heterocycles. The topological polar surface area (TPSA) is 20.3 Å². The predicted octanol–water partition coefficient (Wildman–Crippen LogP) is 5.21. The molecule has 0 N–H and O–H groups in total. The summed E-state index contributed by atoms with van der Waals surface area (Å²) in [6.45, 7) is 8.54. The van der Waals surface area contributed by atoms with E-state index in [9.17, 15) is 4.79 Å². The second-order valence-corrected chi connectivity index (χ2v) is 7.83. The van der Waals surface area contributed by atoms with E-state index in [0.29, 0.717) is 0 Å². The van der Waals surface area contributed by atoms with Gasteiger partial charge >= 0.3 is 0 Å². The molecule has 0 spiro atoms. The molecule has 1 aromatic carbocycles. The highest BCUT2D eigenvalue weighted by atomic mass is 32.2. The van der Waals surface area contributed by atoms with Gasteiger partial charge in [0.25, 0.3) is 5.24 Å². The first-order valence-electron chi connectivity index (χ1n) is 7.98. The van der Waals surface area contributed by atoms with Crippen molar-refractivity contribution < 1.29 is 4.79 Å². The van der Waals surface area contributed by atoms with Crippen LogP contribution in [0.5, 0.6) is 0 Å². The smallest absolute Gasteiger partial charge is 0.281 e. The Bertz CT molecular complexity index is 453. The van der Waals surface area contributed by atoms with Crippen LogP contribution in [-0.4, -0.2) is 23.2 Å². The van der Waals surface area contributed by atoms with Crippen molar-refractivity contribution in [3.8, 4) is 0 Å². The van der Waals surface area contributed by atoms with Crippen LogP contribution in [0, 0.1) is 0 Å². The highest BCUT2D eigenvalue weighted by Gasteiger charge is 2.16. The van der Waals surface area contributed by atoms with E-state index in [4.69, 9.17) is 0 Å². The molecule has 0 aliphatic carbocycles. The first kappa shape index (κ1) is 16.4. The molecule has 1 aromatic rings. The Labute approximate surface area is 133 Å². The highest BCUT2D eigenvalue weighted by Crippen LogP contribution is 2.24. The molecular weight excluding hydrogens is 278 g/mol. The van der Waals surface area contributed by atoms with Crippen LogP contribution in [0.4, 0.5) is 4.79 Å². The molecule has 1 saturated heterocycles. The summed E-state index contributed by atoms with van der Waals surface area (Å²) in [6, 6.07) is 8.69. The lowest BCUT2D eigenvalue weighted by Gasteiger charge is -2.20. The molecule has 0 aromatic heterocycles. The van der Waals surface area contributed by atoms with Gasteiger partial charge in [0, 0.05) is 18.8 Å². The zero-order chi connectivity index (χ0) is 15.3. The summed E-state index contributed by atoms with van der Waals surface area (Å²) in [6.07, 6.45) is 4.85. The molecule has 116 valence electrons. The number of rotatable bonds is 2. The van der Waals surface area contributed by atoms with Gasteiger partial charge in [-0.05, 0) is 29.4 Å². The zero-order valence-electron chi connectivity index (χ0n) is 13.5. The number of nitrogens with zero attached hydrogens (tertiary/aromatic N) is 1. The largest absolute Gasteiger partial charge is 0.334 e. The summed E-state index contributed by atoms with van der Waals surface area (Å²) in [7, 11) is 0. The number of thioether (sulfide) groups is 1. The Morgan fingerprint density at radius 1 is 1.05 bits per heavy atom. The molecule has 1 heterocycles. The third-order valence-corrected chi connectivity index (χ3v) is 5.03. The molecule has 0 unspecified atom stereocenters. The van der Waals surface area contributed by atoms with Crippen LogP contribution in [0.25, 0.3) is 0 Å². The summed E-state index contributed by atoms with van der Waals surface area (Å²) >= 11 is 1.45. The molecule has 21 heavy (non-hydrogen) atoms. The van der Waals surface area contributed by atoms with E-state index in [1.54, 1.807) is 0 Å². The van der Waals surface area contributed by atoms with E-state index in [0.717, 1.165) is 31.7 Å². The van der Waals surface area contributed by atoms with E-state index in [2.05, 4.69) is 45.0 Å². The monoisotopic (exact) mass is 305 g/mol. The van der Waals surface area contributed by atoms with Crippen molar-refractivity contribution in [2.45, 2.75) is 57.6 Å². The van der Waals surface area contributed by atoms with Gasteiger partial charge in [-0.1, -0.05) is 69.6 Å². The van der Waals surface area contributed by atoms with Gasteiger partial charge in [0.05, 0.1) is 0 Å². The van der Waals surface area contributed by atoms with Gasteiger partial charge in [0.2, 0.25) is 0 Å². The fourth-order valence-corrected chi connectivity index (χ4v) is 3.44. The maximum absolute atomic E-state index is 12.2. The second-order valence-electron chi connectivity index (χ2n) is 6.90. The van der Waals surface area contributed by atoms with E-state index >= 15 is 0 Å². The number of carbonyl (C=O) groups is 1. The highest BCUT2D eigenvalue weighted by molar-refractivity contribution is 8.12. The van der Waals surface area contributed by atoms with Gasteiger partial charge in [0.15, 0.2) is 0 Å². The van der Waals surface area contributed by atoms with E-state index in [-0.39, 0.29) is 10.7 Å². The first-order valence-corrected chi connectivity index (χ1v) is 8.96. The summed E-state index contributed by atoms with van der Waals surface area (Å²) in [5.41, 5.74) is 2.76. The van der Waals surface area contributed by atoms with Gasteiger partial charge in [-0.2, -0.15) is 0 Å². The van der Waals surface area contributed by atoms with Crippen molar-refractivity contribution in [3.05, 3.63) is 35.4 Å². The lowest BCUT2D eigenvalue weighted by Crippen LogP contribution is -2.28. The Kier molecular flexibility index (Phi) is 5.74. The minimum atomic E-state index is 0.188. The van der Waals surface area contributed by atoms with Gasteiger partial charge in [-0.3, -0.25) is 4.79 Å². The third-order valence-electron chi connectivity index (χ3n) is 4.05. The van der Waals surface area contributed by atoms with Crippen LogP contribution in [0.2, 0.25) is 0 Å². The van der Waals surface area contributed by atoms with Crippen LogP contribution in [0.15, 0.2) is 24.3 Å². The molecule has 0 bridgehead atoms. The molecule has 0 radical (unpaired) electrons. The van der Waals surface area contributed by atoms with Crippen LogP contribution in [0.3, 0.4) is 0 Å². The normalized spacial score (nSPS) is 16.6. The molecule has 1 aliphatic rings. The van der Waals surface area contributed by atoms with E-state index < -0.39 is 0 Å². The predicted molar refractivity (Wildman–Crippen MR) is 91.9 cm³/mol. The molecule has 1 fully saturated rings. The van der Waals surface area contributed by atoms with E-state index in [1.807, 2.05) is 4.90 Å². The summed E-state index contributed by atoms with van der Waals surface area (Å²) < 4.78 is 0. The first-order chi connectivity index (χ1) is 9.97. The standard InChI is InChI=1S/C18H27NOS/c1-18(2,3)16-10-8-15(9-11-16)14-21-17(20)19-12-6-4-5-7-13-19/h8-11H,4-7,12-14H2,1-3H3. The maximum atomic E-state index is 12.2. The Morgan fingerprint density at radius 3 is 2.14 bits per heavy atom. The van der Waals surface area contributed by atoms with Crippen molar-refractivity contribution >= 4 is 17.0 Å². The fraction of sp³-hybridized carbons (Fsp3) is 0.611. The van der Waals surface area contributed by atoms with Crippen LogP contribution < -0.4 is 0 Å². The number of amides is 1. The SMILES string of the molecule is CC(C)(C)c1ccc(CSC(=O)N2CCCCCC2)cc1. The van der Waals surface area contributed by atoms with Crippen molar-refractivity contribution in [2.24, 2.45) is 0 Å². The lowest BCUT2D eigenvalue weighted by molar-refractivity contribution is 0.225. The van der Waals surface area contributed by atoms with E-state index in [1.165, 1.54) is 35.7 Å². The average Bonchev–Trinajstić information content (AvgIpc) is 2.73. The Balaban J connectivity index is 1.86. The van der Waals surface area contributed by atoms with Gasteiger partial charge < -0.3 is 4.90 Å². The van der Waals surface area contributed by atoms with Crippen molar-refractivity contribution in [1.82, 2.24) is 4.90 Å². The van der Waals surface area contributed by atoms with Crippen LogP contribution in [-0.2, 0) is 11.2 Å². The Morgan fingerprint density at radius 2 is 1.62 bits per heavy atom. The number of hydrogen-bond acceptors (Lipinski definition) is 2. The Hall–Kier alpha value is -0.960. The number of carbonyl (C=O) groups excluding carboxylic acids is 1.